The molecule has 2 aromatic rings. The molecule has 0 aromatic heterocycles. The molecule has 0 saturated heterocycles. The molecule has 7 heteroatoms. The van der Waals surface area contributed by atoms with Crippen LogP contribution in [0.5, 0.6) is 0 Å². The third-order valence-electron chi connectivity index (χ3n) is 3.23. The average Bonchev–Trinajstić information content (AvgIpc) is 2.53. The van der Waals surface area contributed by atoms with E-state index in [9.17, 15) is 19.7 Å². The van der Waals surface area contributed by atoms with E-state index >= 15 is 0 Å². The predicted molar refractivity (Wildman–Crippen MR) is 94.7 cm³/mol. The Morgan fingerprint density at radius 1 is 1.00 bits per heavy atom. The topological polar surface area (TPSA) is 101 Å². The van der Waals surface area contributed by atoms with Gasteiger partial charge in [-0.15, -0.1) is 0 Å². The molecule has 0 aliphatic rings. The van der Waals surface area contributed by atoms with Crippen molar-refractivity contribution in [1.29, 1.82) is 0 Å². The molecule has 2 N–H and O–H groups in total. The predicted octanol–water partition coefficient (Wildman–Crippen LogP) is 3.38. The number of non-ortho nitro benzene ring substituents is 1. The highest BCUT2D eigenvalue weighted by molar-refractivity contribution is 6.09. The van der Waals surface area contributed by atoms with E-state index in [1.54, 1.807) is 24.3 Å². The number of nitrogens with zero attached hydrogens (tertiary/aromatic N) is 1. The van der Waals surface area contributed by atoms with Crippen LogP contribution in [0.1, 0.15) is 41.5 Å². The van der Waals surface area contributed by atoms with E-state index in [-0.39, 0.29) is 17.2 Å². The lowest BCUT2D eigenvalue weighted by atomic mass is 10.1. The van der Waals surface area contributed by atoms with Crippen molar-refractivity contribution in [3.05, 3.63) is 69.8 Å². The summed E-state index contributed by atoms with van der Waals surface area (Å²) in [6, 6.07) is 12.0. The van der Waals surface area contributed by atoms with Crippen molar-refractivity contribution in [3.63, 3.8) is 0 Å². The Balaban J connectivity index is 2.26. The maximum Gasteiger partial charge on any atom is 0.270 e. The molecule has 0 fully saturated rings. The highest BCUT2D eigenvalue weighted by atomic mass is 16.6. The smallest absolute Gasteiger partial charge is 0.270 e. The van der Waals surface area contributed by atoms with Gasteiger partial charge in [0.15, 0.2) is 0 Å². The maximum absolute atomic E-state index is 12.4. The van der Waals surface area contributed by atoms with Crippen LogP contribution < -0.4 is 10.6 Å². The number of anilines is 1. The van der Waals surface area contributed by atoms with Gasteiger partial charge in [-0.25, -0.2) is 0 Å². The van der Waals surface area contributed by atoms with E-state index in [1.807, 2.05) is 20.8 Å². The van der Waals surface area contributed by atoms with Crippen LogP contribution in [-0.4, -0.2) is 22.3 Å². The monoisotopic (exact) mass is 341 g/mol. The van der Waals surface area contributed by atoms with Crippen LogP contribution in [0.2, 0.25) is 0 Å². The number of carbonyl (C=O) groups is 2. The van der Waals surface area contributed by atoms with Crippen LogP contribution >= 0.6 is 0 Å². The fourth-order valence-corrected chi connectivity index (χ4v) is 2.15. The molecular weight excluding hydrogens is 322 g/mol. The standard InChI is InChI=1S/C18H19N3O4/c1-18(2,3)20-17(23)14-9-4-5-10-15(14)19-16(22)12-7-6-8-13(11-12)21(24)25/h4-11H,1-3H3,(H,19,22)(H,20,23). The number of nitro groups is 1. The number of hydrogen-bond donors (Lipinski definition) is 2. The number of carbonyl (C=O) groups excluding carboxylic acids is 2. The first-order valence-electron chi connectivity index (χ1n) is 7.65. The molecule has 0 saturated carbocycles. The zero-order chi connectivity index (χ0) is 18.6. The normalized spacial score (nSPS) is 10.8. The Bertz CT molecular complexity index is 825. The largest absolute Gasteiger partial charge is 0.347 e. The lowest BCUT2D eigenvalue weighted by Gasteiger charge is -2.21. The summed E-state index contributed by atoms with van der Waals surface area (Å²) in [6.07, 6.45) is 0. The summed E-state index contributed by atoms with van der Waals surface area (Å²) in [5.41, 5.74) is 0.192. The number of para-hydroxylation sites is 1. The third kappa shape index (κ3) is 4.87. The van der Waals surface area contributed by atoms with Crippen molar-refractivity contribution in [2.45, 2.75) is 26.3 Å². The summed E-state index contributed by atoms with van der Waals surface area (Å²) in [5.74, 6) is -0.845. The number of nitro benzene ring substituents is 1. The fraction of sp³-hybridized carbons (Fsp3) is 0.222. The fourth-order valence-electron chi connectivity index (χ4n) is 2.15. The van der Waals surface area contributed by atoms with Crippen molar-refractivity contribution in [2.75, 3.05) is 5.32 Å². The lowest BCUT2D eigenvalue weighted by Crippen LogP contribution is -2.40. The second kappa shape index (κ2) is 7.12. The molecule has 0 bridgehead atoms. The van der Waals surface area contributed by atoms with Crippen LogP contribution in [0.15, 0.2) is 48.5 Å². The molecule has 0 atom stereocenters. The van der Waals surface area contributed by atoms with Crippen LogP contribution in [0, 0.1) is 10.1 Å². The van der Waals surface area contributed by atoms with Gasteiger partial charge in [0.05, 0.1) is 16.2 Å². The first kappa shape index (κ1) is 18.1. The highest BCUT2D eigenvalue weighted by Crippen LogP contribution is 2.19. The van der Waals surface area contributed by atoms with Gasteiger partial charge in [-0.1, -0.05) is 18.2 Å². The van der Waals surface area contributed by atoms with Gasteiger partial charge in [0.1, 0.15) is 0 Å². The Kier molecular flexibility index (Phi) is 5.17. The Morgan fingerprint density at radius 3 is 2.32 bits per heavy atom. The quantitative estimate of drug-likeness (QED) is 0.657. The zero-order valence-corrected chi connectivity index (χ0v) is 14.2. The second-order valence-electron chi connectivity index (χ2n) is 6.51. The van der Waals surface area contributed by atoms with Gasteiger partial charge < -0.3 is 10.6 Å². The molecule has 0 spiro atoms. The SMILES string of the molecule is CC(C)(C)NC(=O)c1ccccc1NC(=O)c1cccc([N+](=O)[O-])c1. The van der Waals surface area contributed by atoms with Crippen LogP contribution in [0.25, 0.3) is 0 Å². The number of amides is 2. The van der Waals surface area contributed by atoms with Crippen LogP contribution in [0.3, 0.4) is 0 Å². The van der Waals surface area contributed by atoms with Crippen molar-refractivity contribution < 1.29 is 14.5 Å². The molecule has 2 rings (SSSR count). The third-order valence-corrected chi connectivity index (χ3v) is 3.23. The number of hydrogen-bond acceptors (Lipinski definition) is 4. The zero-order valence-electron chi connectivity index (χ0n) is 14.2. The molecule has 2 aromatic carbocycles. The molecule has 7 nitrogen and oxygen atoms in total. The van der Waals surface area contributed by atoms with E-state index in [0.717, 1.165) is 0 Å². The van der Waals surface area contributed by atoms with Gasteiger partial charge in [-0.05, 0) is 39.0 Å². The van der Waals surface area contributed by atoms with Crippen molar-refractivity contribution >= 4 is 23.2 Å². The summed E-state index contributed by atoms with van der Waals surface area (Å²) < 4.78 is 0. The Morgan fingerprint density at radius 2 is 1.68 bits per heavy atom. The van der Waals surface area contributed by atoms with E-state index in [2.05, 4.69) is 10.6 Å². The average molecular weight is 341 g/mol. The minimum absolute atomic E-state index is 0.139. The molecule has 130 valence electrons. The summed E-state index contributed by atoms with van der Waals surface area (Å²) in [6.45, 7) is 5.57. The van der Waals surface area contributed by atoms with E-state index in [1.165, 1.54) is 24.3 Å². The molecule has 0 aliphatic carbocycles. The molecule has 0 unspecified atom stereocenters. The molecule has 0 radical (unpaired) electrons. The van der Waals surface area contributed by atoms with Crippen LogP contribution in [0.4, 0.5) is 11.4 Å². The number of nitrogens with one attached hydrogen (secondary N) is 2. The minimum atomic E-state index is -0.568. The van der Waals surface area contributed by atoms with Crippen LogP contribution in [-0.2, 0) is 0 Å². The first-order valence-corrected chi connectivity index (χ1v) is 7.65. The van der Waals surface area contributed by atoms with Gasteiger partial charge >= 0.3 is 0 Å². The number of rotatable bonds is 4. The second-order valence-corrected chi connectivity index (χ2v) is 6.51. The van der Waals surface area contributed by atoms with Crippen molar-refractivity contribution in [1.82, 2.24) is 5.32 Å². The molecule has 0 heterocycles. The summed E-state index contributed by atoms with van der Waals surface area (Å²) in [5, 5.41) is 16.3. The molecule has 25 heavy (non-hydrogen) atoms. The van der Waals surface area contributed by atoms with Gasteiger partial charge in [-0.3, -0.25) is 19.7 Å². The number of benzene rings is 2. The van der Waals surface area contributed by atoms with E-state index in [0.29, 0.717) is 11.3 Å². The molecular formula is C18H19N3O4. The summed E-state index contributed by atoms with van der Waals surface area (Å²) >= 11 is 0. The summed E-state index contributed by atoms with van der Waals surface area (Å²) in [4.78, 5) is 35.0. The minimum Gasteiger partial charge on any atom is -0.347 e. The van der Waals surface area contributed by atoms with Gasteiger partial charge in [-0.2, -0.15) is 0 Å². The Labute approximate surface area is 145 Å². The van der Waals surface area contributed by atoms with E-state index in [4.69, 9.17) is 0 Å². The van der Waals surface area contributed by atoms with Gasteiger partial charge in [0, 0.05) is 23.2 Å². The molecule has 0 aliphatic heterocycles. The highest BCUT2D eigenvalue weighted by Gasteiger charge is 2.19. The summed E-state index contributed by atoms with van der Waals surface area (Å²) in [7, 11) is 0. The first-order chi connectivity index (χ1) is 11.7. The lowest BCUT2D eigenvalue weighted by molar-refractivity contribution is -0.384. The van der Waals surface area contributed by atoms with Crippen molar-refractivity contribution in [3.8, 4) is 0 Å². The Hall–Kier alpha value is -3.22. The van der Waals surface area contributed by atoms with Crippen molar-refractivity contribution in [2.24, 2.45) is 0 Å². The van der Waals surface area contributed by atoms with Gasteiger partial charge in [0.25, 0.3) is 17.5 Å². The maximum atomic E-state index is 12.4. The molecule has 2 amide bonds. The van der Waals surface area contributed by atoms with Gasteiger partial charge in [0.2, 0.25) is 0 Å². The van der Waals surface area contributed by atoms with E-state index < -0.39 is 16.4 Å².